The number of carbonyl (C=O) groups is 1. The summed E-state index contributed by atoms with van der Waals surface area (Å²) >= 11 is 0. The van der Waals surface area contributed by atoms with E-state index in [9.17, 15) is 4.79 Å². The van der Waals surface area contributed by atoms with Gasteiger partial charge in [0.2, 0.25) is 0 Å². The fraction of sp³-hybridized carbons (Fsp3) is 0.200. The van der Waals surface area contributed by atoms with Crippen LogP contribution in [0.2, 0.25) is 0 Å². The summed E-state index contributed by atoms with van der Waals surface area (Å²) in [6.45, 7) is 2.12. The van der Waals surface area contributed by atoms with Crippen LogP contribution in [0.3, 0.4) is 0 Å². The van der Waals surface area contributed by atoms with Crippen molar-refractivity contribution in [3.8, 4) is 0 Å². The summed E-state index contributed by atoms with van der Waals surface area (Å²) in [5, 5.41) is 6.59. The Morgan fingerprint density at radius 3 is 2.04 bits per heavy atom. The van der Waals surface area contributed by atoms with Gasteiger partial charge in [0.15, 0.2) is 0 Å². The quantitative estimate of drug-likeness (QED) is 0.600. The average molecular weight is 368 g/mol. The molecular formula is C25H24N2O. The van der Waals surface area contributed by atoms with Crippen molar-refractivity contribution in [2.45, 2.75) is 31.7 Å². The Hall–Kier alpha value is -3.20. The Morgan fingerprint density at radius 2 is 1.43 bits per heavy atom. The van der Waals surface area contributed by atoms with Crippen LogP contribution in [0.4, 0.5) is 0 Å². The number of hydrazone groups is 1. The van der Waals surface area contributed by atoms with Crippen LogP contribution in [0.1, 0.15) is 36.0 Å². The molecule has 0 saturated carbocycles. The number of benzene rings is 3. The van der Waals surface area contributed by atoms with Crippen LogP contribution in [0, 0.1) is 0 Å². The normalized spacial score (nSPS) is 17.5. The Balaban J connectivity index is 1.71. The molecule has 1 heterocycles. The van der Waals surface area contributed by atoms with Crippen molar-refractivity contribution in [1.82, 2.24) is 5.01 Å². The van der Waals surface area contributed by atoms with Gasteiger partial charge in [-0.3, -0.25) is 4.79 Å². The number of hydrogen-bond donors (Lipinski definition) is 0. The number of carbonyl (C=O) groups excluding carboxylic acids is 1. The number of nitrogens with zero attached hydrogens (tertiary/aromatic N) is 2. The van der Waals surface area contributed by atoms with Gasteiger partial charge < -0.3 is 0 Å². The maximum atomic E-state index is 13.5. The molecule has 1 amide bonds. The zero-order valence-electron chi connectivity index (χ0n) is 16.0. The van der Waals surface area contributed by atoms with Gasteiger partial charge in [0.1, 0.15) is 5.92 Å². The number of hydrogen-bond acceptors (Lipinski definition) is 2. The van der Waals surface area contributed by atoms with Crippen molar-refractivity contribution in [2.75, 3.05) is 0 Å². The van der Waals surface area contributed by atoms with Crippen molar-refractivity contribution in [2.24, 2.45) is 5.10 Å². The van der Waals surface area contributed by atoms with Gasteiger partial charge in [0, 0.05) is 0 Å². The van der Waals surface area contributed by atoms with Crippen molar-refractivity contribution >= 4 is 11.6 Å². The molecule has 3 nitrogen and oxygen atoms in total. The molecule has 3 heteroatoms. The molecule has 0 bridgehead atoms. The molecule has 0 spiro atoms. The second-order valence-electron chi connectivity index (χ2n) is 7.13. The molecule has 4 rings (SSSR count). The van der Waals surface area contributed by atoms with Gasteiger partial charge in [0.05, 0.1) is 11.8 Å². The Labute approximate surface area is 166 Å². The molecule has 0 aromatic heterocycles. The lowest BCUT2D eigenvalue weighted by atomic mass is 9.89. The molecular weight excluding hydrogens is 344 g/mol. The van der Waals surface area contributed by atoms with Crippen molar-refractivity contribution < 1.29 is 4.79 Å². The van der Waals surface area contributed by atoms with E-state index in [2.05, 4.69) is 19.1 Å². The summed E-state index contributed by atoms with van der Waals surface area (Å²) in [5.41, 5.74) is 4.05. The van der Waals surface area contributed by atoms with Crippen LogP contribution in [-0.4, -0.2) is 22.7 Å². The molecule has 0 saturated heterocycles. The zero-order chi connectivity index (χ0) is 19.3. The van der Waals surface area contributed by atoms with E-state index in [1.54, 1.807) is 5.01 Å². The second-order valence-corrected chi connectivity index (χ2v) is 7.13. The third kappa shape index (κ3) is 3.61. The lowest BCUT2D eigenvalue weighted by Crippen LogP contribution is -2.36. The van der Waals surface area contributed by atoms with Crippen LogP contribution in [0.5, 0.6) is 0 Å². The van der Waals surface area contributed by atoms with Gasteiger partial charge in [-0.05, 0) is 29.5 Å². The van der Waals surface area contributed by atoms with Gasteiger partial charge in [0.25, 0.3) is 5.91 Å². The molecule has 140 valence electrons. The average Bonchev–Trinajstić information content (AvgIpc) is 3.11. The van der Waals surface area contributed by atoms with Crippen molar-refractivity contribution in [1.29, 1.82) is 0 Å². The molecule has 28 heavy (non-hydrogen) atoms. The monoisotopic (exact) mass is 368 g/mol. The Bertz CT molecular complexity index is 952. The molecule has 0 fully saturated rings. The maximum absolute atomic E-state index is 13.5. The maximum Gasteiger partial charge on any atom is 0.256 e. The fourth-order valence-electron chi connectivity index (χ4n) is 3.80. The fourth-order valence-corrected chi connectivity index (χ4v) is 3.80. The first-order valence-electron chi connectivity index (χ1n) is 9.83. The van der Waals surface area contributed by atoms with Crippen LogP contribution in [0.15, 0.2) is 96.1 Å². The number of rotatable bonds is 6. The van der Waals surface area contributed by atoms with Gasteiger partial charge in [-0.2, -0.15) is 5.10 Å². The summed E-state index contributed by atoms with van der Waals surface area (Å²) in [6.07, 6.45) is 1.66. The third-order valence-electron chi connectivity index (χ3n) is 5.30. The van der Waals surface area contributed by atoms with Gasteiger partial charge in [-0.1, -0.05) is 97.9 Å². The Morgan fingerprint density at radius 1 is 0.857 bits per heavy atom. The molecule has 1 aliphatic heterocycles. The largest absolute Gasteiger partial charge is 0.272 e. The molecule has 0 radical (unpaired) electrons. The topological polar surface area (TPSA) is 32.7 Å². The van der Waals surface area contributed by atoms with E-state index >= 15 is 0 Å². The summed E-state index contributed by atoms with van der Waals surface area (Å²) in [6, 6.07) is 30.4. The summed E-state index contributed by atoms with van der Waals surface area (Å²) in [5.74, 6) is -0.291. The van der Waals surface area contributed by atoms with Crippen molar-refractivity contribution in [3.05, 3.63) is 108 Å². The van der Waals surface area contributed by atoms with E-state index in [4.69, 9.17) is 5.10 Å². The zero-order valence-corrected chi connectivity index (χ0v) is 16.0. The Kier molecular flexibility index (Phi) is 5.34. The van der Waals surface area contributed by atoms with E-state index < -0.39 is 0 Å². The van der Waals surface area contributed by atoms with E-state index in [1.807, 2.05) is 78.9 Å². The molecule has 2 unspecified atom stereocenters. The summed E-state index contributed by atoms with van der Waals surface area (Å²) < 4.78 is 0. The first-order chi connectivity index (χ1) is 13.8. The highest BCUT2D eigenvalue weighted by Gasteiger charge is 2.40. The van der Waals surface area contributed by atoms with E-state index in [0.717, 1.165) is 29.7 Å². The van der Waals surface area contributed by atoms with Crippen LogP contribution in [-0.2, 0) is 11.2 Å². The standard InChI is InChI=1S/C25H24N2O/c1-2-22(18-19-12-6-3-7-13-19)27-25(28)23(20-14-8-4-9-15-20)24(26-27)21-16-10-5-11-17-21/h3-17,22-23H,2,18H2,1H3. The predicted molar refractivity (Wildman–Crippen MR) is 113 cm³/mol. The lowest BCUT2D eigenvalue weighted by Gasteiger charge is -2.24. The van der Waals surface area contributed by atoms with E-state index in [0.29, 0.717) is 0 Å². The molecule has 3 aromatic rings. The smallest absolute Gasteiger partial charge is 0.256 e. The first kappa shape index (κ1) is 18.2. The SMILES string of the molecule is CCC(Cc1ccccc1)N1N=C(c2ccccc2)C(c2ccccc2)C1=O. The van der Waals surface area contributed by atoms with Gasteiger partial charge in [-0.25, -0.2) is 5.01 Å². The van der Waals surface area contributed by atoms with Crippen molar-refractivity contribution in [3.63, 3.8) is 0 Å². The highest BCUT2D eigenvalue weighted by atomic mass is 16.2. The molecule has 2 atom stereocenters. The molecule has 0 aliphatic carbocycles. The van der Waals surface area contributed by atoms with Crippen LogP contribution in [0.25, 0.3) is 0 Å². The second kappa shape index (κ2) is 8.22. The molecule has 3 aromatic carbocycles. The van der Waals surface area contributed by atoms with Gasteiger partial charge in [-0.15, -0.1) is 0 Å². The first-order valence-corrected chi connectivity index (χ1v) is 9.83. The minimum Gasteiger partial charge on any atom is -0.272 e. The van der Waals surface area contributed by atoms with Gasteiger partial charge >= 0.3 is 0 Å². The van der Waals surface area contributed by atoms with Crippen LogP contribution >= 0.6 is 0 Å². The lowest BCUT2D eigenvalue weighted by molar-refractivity contribution is -0.132. The predicted octanol–water partition coefficient (Wildman–Crippen LogP) is 5.04. The molecule has 0 N–H and O–H groups in total. The minimum absolute atomic E-state index is 0.0438. The molecule has 1 aliphatic rings. The van der Waals surface area contributed by atoms with E-state index in [-0.39, 0.29) is 17.9 Å². The van der Waals surface area contributed by atoms with E-state index in [1.165, 1.54) is 5.56 Å². The van der Waals surface area contributed by atoms with Crippen LogP contribution < -0.4 is 0 Å². The highest BCUT2D eigenvalue weighted by Crippen LogP contribution is 2.32. The number of amides is 1. The highest BCUT2D eigenvalue weighted by molar-refractivity contribution is 6.20. The summed E-state index contributed by atoms with van der Waals surface area (Å²) in [4.78, 5) is 13.5. The minimum atomic E-state index is -0.353. The summed E-state index contributed by atoms with van der Waals surface area (Å²) in [7, 11) is 0. The third-order valence-corrected chi connectivity index (χ3v) is 5.30.